The van der Waals surface area contributed by atoms with Crippen molar-refractivity contribution in [1.29, 1.82) is 0 Å². The summed E-state index contributed by atoms with van der Waals surface area (Å²) >= 11 is 0. The fourth-order valence-corrected chi connectivity index (χ4v) is 0.820. The van der Waals surface area contributed by atoms with Crippen molar-refractivity contribution >= 4 is 11.9 Å². The van der Waals surface area contributed by atoms with Gasteiger partial charge in [-0.25, -0.2) is 4.79 Å². The van der Waals surface area contributed by atoms with Crippen molar-refractivity contribution in [2.45, 2.75) is 6.54 Å². The minimum atomic E-state index is -0.927. The van der Waals surface area contributed by atoms with Crippen LogP contribution in [0.15, 0.2) is 6.20 Å². The number of imide groups is 1. The molecule has 3 amide bonds. The van der Waals surface area contributed by atoms with Crippen LogP contribution in [0.1, 0.15) is 10.5 Å². The minimum Gasteiger partial charge on any atom is -0.351 e. The zero-order valence-electron chi connectivity index (χ0n) is 7.30. The Balaban J connectivity index is 2.66. The lowest BCUT2D eigenvalue weighted by Gasteiger charge is -1.94. The van der Waals surface area contributed by atoms with Crippen LogP contribution >= 0.6 is 0 Å². The molecular weight excluding hydrogens is 188 g/mol. The Labute approximate surface area is 79.2 Å². The van der Waals surface area contributed by atoms with E-state index in [4.69, 9.17) is 11.5 Å². The van der Waals surface area contributed by atoms with Gasteiger partial charge in [-0.15, -0.1) is 5.10 Å². The van der Waals surface area contributed by atoms with Gasteiger partial charge in [-0.05, 0) is 0 Å². The predicted octanol–water partition coefficient (Wildman–Crippen LogP) is -1.95. The summed E-state index contributed by atoms with van der Waals surface area (Å²) in [4.78, 5) is 21.4. The first-order valence-electron chi connectivity index (χ1n) is 3.84. The second-order valence-electron chi connectivity index (χ2n) is 2.47. The normalized spacial score (nSPS) is 9.79. The number of nitrogens with two attached hydrogens (primary N) is 2. The summed E-state index contributed by atoms with van der Waals surface area (Å²) < 4.78 is 1.40. The Morgan fingerprint density at radius 2 is 2.29 bits per heavy atom. The molecule has 0 bridgehead atoms. The second-order valence-corrected chi connectivity index (χ2v) is 2.47. The summed E-state index contributed by atoms with van der Waals surface area (Å²) in [6.45, 7) is 0.844. The molecule has 0 aliphatic carbocycles. The number of primary amides is 1. The zero-order chi connectivity index (χ0) is 10.6. The van der Waals surface area contributed by atoms with Crippen molar-refractivity contribution < 1.29 is 9.59 Å². The molecule has 0 saturated heterocycles. The Kier molecular flexibility index (Phi) is 3.13. The molecule has 0 atom stereocenters. The molecule has 0 aromatic carbocycles. The maximum atomic E-state index is 11.1. The number of rotatable bonds is 3. The molecule has 0 radical (unpaired) electrons. The number of urea groups is 1. The third-order valence-electron chi connectivity index (χ3n) is 1.37. The predicted molar refractivity (Wildman–Crippen MR) is 46.1 cm³/mol. The Morgan fingerprint density at radius 1 is 1.57 bits per heavy atom. The highest BCUT2D eigenvalue weighted by molar-refractivity contribution is 6.02. The third-order valence-corrected chi connectivity index (χ3v) is 1.37. The largest absolute Gasteiger partial charge is 0.351 e. The van der Waals surface area contributed by atoms with Crippen LogP contribution in [0.3, 0.4) is 0 Å². The van der Waals surface area contributed by atoms with Gasteiger partial charge in [0.2, 0.25) is 0 Å². The van der Waals surface area contributed by atoms with E-state index in [0.717, 1.165) is 0 Å². The molecule has 8 heteroatoms. The molecule has 0 fully saturated rings. The molecular formula is C6H10N6O2. The molecule has 1 aromatic heterocycles. The number of amides is 3. The van der Waals surface area contributed by atoms with Crippen LogP contribution in [0.25, 0.3) is 0 Å². The van der Waals surface area contributed by atoms with E-state index in [1.807, 2.05) is 5.32 Å². The van der Waals surface area contributed by atoms with E-state index in [1.54, 1.807) is 0 Å². The maximum Gasteiger partial charge on any atom is 0.319 e. The van der Waals surface area contributed by atoms with E-state index in [2.05, 4.69) is 10.3 Å². The Bertz CT molecular complexity index is 346. The van der Waals surface area contributed by atoms with Crippen molar-refractivity contribution in [2.75, 3.05) is 6.54 Å². The lowest BCUT2D eigenvalue weighted by Crippen LogP contribution is -2.35. The van der Waals surface area contributed by atoms with Gasteiger partial charge >= 0.3 is 6.03 Å². The fourth-order valence-electron chi connectivity index (χ4n) is 0.820. The van der Waals surface area contributed by atoms with Gasteiger partial charge < -0.3 is 11.5 Å². The van der Waals surface area contributed by atoms with Gasteiger partial charge in [-0.3, -0.25) is 14.8 Å². The topological polar surface area (TPSA) is 129 Å². The number of hydrogen-bond acceptors (Lipinski definition) is 5. The quantitative estimate of drug-likeness (QED) is 0.519. The van der Waals surface area contributed by atoms with E-state index in [9.17, 15) is 9.59 Å². The van der Waals surface area contributed by atoms with E-state index < -0.39 is 11.9 Å². The molecule has 0 saturated carbocycles. The molecule has 5 N–H and O–H groups in total. The summed E-state index contributed by atoms with van der Waals surface area (Å²) in [6, 6.07) is -0.927. The van der Waals surface area contributed by atoms with Crippen LogP contribution in [0, 0.1) is 0 Å². The van der Waals surface area contributed by atoms with E-state index >= 15 is 0 Å². The second kappa shape index (κ2) is 4.33. The highest BCUT2D eigenvalue weighted by Crippen LogP contribution is 1.91. The smallest absolute Gasteiger partial charge is 0.319 e. The number of carbonyl (C=O) groups excluding carboxylic acids is 2. The molecule has 1 aromatic rings. The van der Waals surface area contributed by atoms with Crippen LogP contribution in [0.4, 0.5) is 4.79 Å². The van der Waals surface area contributed by atoms with Crippen molar-refractivity contribution in [3.05, 3.63) is 11.9 Å². The Morgan fingerprint density at radius 3 is 2.86 bits per heavy atom. The van der Waals surface area contributed by atoms with Crippen LogP contribution in [0.5, 0.6) is 0 Å². The lowest BCUT2D eigenvalue weighted by molar-refractivity contribution is 0.0961. The molecule has 0 aliphatic heterocycles. The van der Waals surface area contributed by atoms with Crippen LogP contribution in [0.2, 0.25) is 0 Å². The van der Waals surface area contributed by atoms with Gasteiger partial charge in [-0.2, -0.15) is 0 Å². The van der Waals surface area contributed by atoms with Crippen LogP contribution < -0.4 is 16.8 Å². The average Bonchev–Trinajstić information content (AvgIpc) is 2.52. The Hall–Kier alpha value is -1.96. The molecule has 8 nitrogen and oxygen atoms in total. The average molecular weight is 198 g/mol. The molecule has 76 valence electrons. The van der Waals surface area contributed by atoms with Gasteiger partial charge in [-0.1, -0.05) is 5.21 Å². The van der Waals surface area contributed by atoms with Gasteiger partial charge in [0.1, 0.15) is 0 Å². The van der Waals surface area contributed by atoms with Gasteiger partial charge in [0.15, 0.2) is 5.69 Å². The van der Waals surface area contributed by atoms with Crippen molar-refractivity contribution in [2.24, 2.45) is 11.5 Å². The van der Waals surface area contributed by atoms with Gasteiger partial charge in [0, 0.05) is 6.54 Å². The van der Waals surface area contributed by atoms with E-state index in [-0.39, 0.29) is 5.69 Å². The summed E-state index contributed by atoms with van der Waals surface area (Å²) in [7, 11) is 0. The standard InChI is InChI=1S/C6H10N6O2/c7-1-2-12-3-4(10-11-12)5(13)9-6(8)14/h3H,1-2,7H2,(H3,8,9,13,14). The summed E-state index contributed by atoms with van der Waals surface area (Å²) in [5, 5.41) is 9.00. The highest BCUT2D eigenvalue weighted by Gasteiger charge is 2.11. The number of hydrogen-bond donors (Lipinski definition) is 3. The summed E-state index contributed by atoms with van der Waals surface area (Å²) in [5.74, 6) is -0.680. The van der Waals surface area contributed by atoms with Crippen LogP contribution in [-0.4, -0.2) is 33.5 Å². The first kappa shape index (κ1) is 10.1. The molecule has 1 rings (SSSR count). The molecule has 0 aliphatic rings. The van der Waals surface area contributed by atoms with Gasteiger partial charge in [0.05, 0.1) is 12.7 Å². The van der Waals surface area contributed by atoms with Crippen LogP contribution in [-0.2, 0) is 6.54 Å². The zero-order valence-corrected chi connectivity index (χ0v) is 7.30. The van der Waals surface area contributed by atoms with Crippen molar-refractivity contribution in [3.8, 4) is 0 Å². The third kappa shape index (κ3) is 2.52. The highest BCUT2D eigenvalue weighted by atomic mass is 16.2. The van der Waals surface area contributed by atoms with E-state index in [1.165, 1.54) is 10.9 Å². The number of nitrogens with zero attached hydrogens (tertiary/aromatic N) is 3. The monoisotopic (exact) mass is 198 g/mol. The molecule has 0 unspecified atom stereocenters. The van der Waals surface area contributed by atoms with E-state index in [0.29, 0.717) is 13.1 Å². The summed E-state index contributed by atoms with van der Waals surface area (Å²) in [6.07, 6.45) is 1.38. The lowest BCUT2D eigenvalue weighted by atomic mass is 10.4. The summed E-state index contributed by atoms with van der Waals surface area (Å²) in [5.41, 5.74) is 10.0. The van der Waals surface area contributed by atoms with Crippen molar-refractivity contribution in [1.82, 2.24) is 20.3 Å². The number of carbonyl (C=O) groups is 2. The molecule has 0 spiro atoms. The molecule has 14 heavy (non-hydrogen) atoms. The van der Waals surface area contributed by atoms with Crippen molar-refractivity contribution in [3.63, 3.8) is 0 Å². The minimum absolute atomic E-state index is 0.0252. The number of aromatic nitrogens is 3. The SMILES string of the molecule is NCCn1cc(C(=O)NC(N)=O)nn1. The first-order chi connectivity index (χ1) is 6.63. The van der Waals surface area contributed by atoms with Gasteiger partial charge in [0.25, 0.3) is 5.91 Å². The molecule has 1 heterocycles. The first-order valence-corrected chi connectivity index (χ1v) is 3.84. The fraction of sp³-hybridized carbons (Fsp3) is 0.333. The number of nitrogens with one attached hydrogen (secondary N) is 1. The maximum absolute atomic E-state index is 11.1.